The summed E-state index contributed by atoms with van der Waals surface area (Å²) in [7, 11) is 0. The molecule has 0 bridgehead atoms. The van der Waals surface area contributed by atoms with Crippen LogP contribution < -0.4 is 5.32 Å². The van der Waals surface area contributed by atoms with Crippen LogP contribution in [0.2, 0.25) is 0 Å². The molecule has 1 aromatic carbocycles. The monoisotopic (exact) mass is 242 g/mol. The maximum absolute atomic E-state index is 11.9. The number of nitrogens with zero attached hydrogens (tertiary/aromatic N) is 1. The fraction of sp³-hybridized carbons (Fsp3) is 0.333. The van der Waals surface area contributed by atoms with Crippen LogP contribution in [0, 0.1) is 6.57 Å². The highest BCUT2D eigenvalue weighted by Gasteiger charge is 2.14. The van der Waals surface area contributed by atoms with Crippen molar-refractivity contribution >= 4 is 17.7 Å². The van der Waals surface area contributed by atoms with E-state index in [1.165, 1.54) is 0 Å². The molecule has 1 rings (SSSR count). The molecule has 0 unspecified atom stereocenters. The summed E-state index contributed by atoms with van der Waals surface area (Å²) in [4.78, 5) is 15.2. The third-order valence-electron chi connectivity index (χ3n) is 2.25. The van der Waals surface area contributed by atoms with Crippen LogP contribution in [0.1, 0.15) is 33.3 Å². The highest BCUT2D eigenvalue weighted by molar-refractivity contribution is 5.97. The molecule has 0 saturated carbocycles. The van der Waals surface area contributed by atoms with Gasteiger partial charge in [0.15, 0.2) is 5.69 Å². The Morgan fingerprint density at radius 2 is 1.83 bits per heavy atom. The summed E-state index contributed by atoms with van der Waals surface area (Å²) in [6.07, 6.45) is 1.81. The maximum Gasteiger partial charge on any atom is 0.247 e. The Kier molecular flexibility index (Phi) is 4.28. The van der Waals surface area contributed by atoms with E-state index in [0.29, 0.717) is 11.3 Å². The summed E-state index contributed by atoms with van der Waals surface area (Å²) in [5.41, 5.74) is 1.94. The molecule has 0 aromatic heterocycles. The number of carbonyl (C=O) groups is 1. The quantitative estimate of drug-likeness (QED) is 0.624. The molecule has 3 nitrogen and oxygen atoms in total. The van der Waals surface area contributed by atoms with Gasteiger partial charge in [-0.15, -0.1) is 0 Å². The lowest BCUT2D eigenvalue weighted by Gasteiger charge is -2.20. The Hall–Kier alpha value is -2.08. The maximum atomic E-state index is 11.9. The van der Waals surface area contributed by atoms with Crippen molar-refractivity contribution in [2.75, 3.05) is 0 Å². The average Bonchev–Trinajstić information content (AvgIpc) is 2.27. The van der Waals surface area contributed by atoms with Gasteiger partial charge >= 0.3 is 0 Å². The molecule has 1 N–H and O–H groups in total. The van der Waals surface area contributed by atoms with Crippen LogP contribution in [0.15, 0.2) is 29.8 Å². The second-order valence-electron chi connectivity index (χ2n) is 5.23. The van der Waals surface area contributed by atoms with E-state index in [2.05, 4.69) is 10.2 Å². The second-order valence-corrected chi connectivity index (χ2v) is 5.23. The molecular weight excluding hydrogens is 224 g/mol. The molecule has 0 heterocycles. The Morgan fingerprint density at radius 1 is 1.28 bits per heavy atom. The lowest BCUT2D eigenvalue weighted by atomic mass is 10.1. The number of benzene rings is 1. The third kappa shape index (κ3) is 4.42. The van der Waals surface area contributed by atoms with E-state index in [1.54, 1.807) is 19.1 Å². The van der Waals surface area contributed by atoms with E-state index in [1.807, 2.05) is 39.0 Å². The van der Waals surface area contributed by atoms with Gasteiger partial charge in [0.2, 0.25) is 5.91 Å². The Morgan fingerprint density at radius 3 is 2.28 bits per heavy atom. The molecule has 0 aliphatic carbocycles. The van der Waals surface area contributed by atoms with E-state index in [9.17, 15) is 4.79 Å². The lowest BCUT2D eigenvalue weighted by Crippen LogP contribution is -2.40. The topological polar surface area (TPSA) is 33.5 Å². The Labute approximate surface area is 108 Å². The van der Waals surface area contributed by atoms with Gasteiger partial charge in [0.05, 0.1) is 6.57 Å². The predicted octanol–water partition coefficient (Wildman–Crippen LogP) is 3.56. The summed E-state index contributed by atoms with van der Waals surface area (Å²) in [6.45, 7) is 14.5. The number of rotatable bonds is 2. The molecule has 3 heteroatoms. The molecule has 0 radical (unpaired) electrons. The van der Waals surface area contributed by atoms with E-state index < -0.39 is 0 Å². The smallest absolute Gasteiger partial charge is 0.247 e. The average molecular weight is 242 g/mol. The van der Waals surface area contributed by atoms with Crippen molar-refractivity contribution in [2.24, 2.45) is 0 Å². The van der Waals surface area contributed by atoms with Crippen molar-refractivity contribution < 1.29 is 4.79 Å². The minimum absolute atomic E-state index is 0.0724. The van der Waals surface area contributed by atoms with E-state index >= 15 is 0 Å². The van der Waals surface area contributed by atoms with E-state index in [0.717, 1.165) is 5.56 Å². The van der Waals surface area contributed by atoms with Gasteiger partial charge in [-0.1, -0.05) is 24.3 Å². The van der Waals surface area contributed by atoms with Gasteiger partial charge in [-0.3, -0.25) is 4.79 Å². The van der Waals surface area contributed by atoms with Crippen LogP contribution in [-0.4, -0.2) is 11.4 Å². The first-order chi connectivity index (χ1) is 8.31. The molecule has 1 amide bonds. The molecule has 94 valence electrons. The van der Waals surface area contributed by atoms with Gasteiger partial charge in [-0.05, 0) is 39.3 Å². The lowest BCUT2D eigenvalue weighted by molar-refractivity contribution is -0.118. The first-order valence-corrected chi connectivity index (χ1v) is 5.80. The van der Waals surface area contributed by atoms with Crippen LogP contribution >= 0.6 is 0 Å². The van der Waals surface area contributed by atoms with E-state index in [-0.39, 0.29) is 11.4 Å². The SMILES string of the molecule is [C-]#[N+]c1ccc(/C=C(\C)C(=O)NC(C)(C)C)cc1. The largest absolute Gasteiger partial charge is 0.348 e. The minimum Gasteiger partial charge on any atom is -0.348 e. The second kappa shape index (κ2) is 5.50. The standard InChI is InChI=1S/C15H18N2O/c1-11(14(18)17-15(2,3)4)10-12-6-8-13(16-5)9-7-12/h6-10H,1-4H3,(H,17,18)/b11-10+. The van der Waals surface area contributed by atoms with Gasteiger partial charge in [0, 0.05) is 11.1 Å². The molecule has 0 aliphatic rings. The zero-order valence-corrected chi connectivity index (χ0v) is 11.2. The van der Waals surface area contributed by atoms with Crippen molar-refractivity contribution in [3.8, 4) is 0 Å². The highest BCUT2D eigenvalue weighted by Crippen LogP contribution is 2.15. The third-order valence-corrected chi connectivity index (χ3v) is 2.25. The summed E-state index contributed by atoms with van der Waals surface area (Å²) < 4.78 is 0. The zero-order chi connectivity index (χ0) is 13.8. The van der Waals surface area contributed by atoms with Crippen LogP contribution in [0.5, 0.6) is 0 Å². The number of hydrogen-bond donors (Lipinski definition) is 1. The van der Waals surface area contributed by atoms with Crippen molar-refractivity contribution in [1.82, 2.24) is 5.32 Å². The van der Waals surface area contributed by atoms with Crippen molar-refractivity contribution in [3.05, 3.63) is 46.8 Å². The van der Waals surface area contributed by atoms with Crippen molar-refractivity contribution in [3.63, 3.8) is 0 Å². The Balaban J connectivity index is 2.82. The normalized spacial score (nSPS) is 11.8. The van der Waals surface area contributed by atoms with E-state index in [4.69, 9.17) is 6.57 Å². The summed E-state index contributed by atoms with van der Waals surface area (Å²) in [5, 5.41) is 2.91. The van der Waals surface area contributed by atoms with Gasteiger partial charge in [-0.2, -0.15) is 0 Å². The van der Waals surface area contributed by atoms with Gasteiger partial charge < -0.3 is 5.32 Å². The van der Waals surface area contributed by atoms with Crippen LogP contribution in [0.4, 0.5) is 5.69 Å². The first kappa shape index (κ1) is 14.0. The molecule has 0 atom stereocenters. The highest BCUT2D eigenvalue weighted by atomic mass is 16.1. The molecule has 0 saturated heterocycles. The molecular formula is C15H18N2O. The number of amides is 1. The fourth-order valence-electron chi connectivity index (χ4n) is 1.40. The van der Waals surface area contributed by atoms with Gasteiger partial charge in [0.25, 0.3) is 0 Å². The summed E-state index contributed by atoms with van der Waals surface area (Å²) in [6, 6.07) is 7.16. The van der Waals surface area contributed by atoms with Crippen molar-refractivity contribution in [2.45, 2.75) is 33.2 Å². The molecule has 1 aromatic rings. The number of hydrogen-bond acceptors (Lipinski definition) is 1. The van der Waals surface area contributed by atoms with Gasteiger partial charge in [0.1, 0.15) is 0 Å². The molecule has 18 heavy (non-hydrogen) atoms. The van der Waals surface area contributed by atoms with Crippen LogP contribution in [0.3, 0.4) is 0 Å². The predicted molar refractivity (Wildman–Crippen MR) is 74.3 cm³/mol. The molecule has 0 spiro atoms. The summed E-state index contributed by atoms with van der Waals surface area (Å²) in [5.74, 6) is -0.0724. The number of nitrogens with one attached hydrogen (secondary N) is 1. The minimum atomic E-state index is -0.236. The number of carbonyl (C=O) groups excluding carboxylic acids is 1. The summed E-state index contributed by atoms with van der Waals surface area (Å²) >= 11 is 0. The van der Waals surface area contributed by atoms with Crippen molar-refractivity contribution in [1.29, 1.82) is 0 Å². The first-order valence-electron chi connectivity index (χ1n) is 5.80. The van der Waals surface area contributed by atoms with Crippen LogP contribution in [-0.2, 0) is 4.79 Å². The fourth-order valence-corrected chi connectivity index (χ4v) is 1.40. The van der Waals surface area contributed by atoms with Crippen LogP contribution in [0.25, 0.3) is 10.9 Å². The zero-order valence-electron chi connectivity index (χ0n) is 11.2. The molecule has 0 aliphatic heterocycles. The molecule has 0 fully saturated rings. The van der Waals surface area contributed by atoms with Gasteiger partial charge in [-0.25, -0.2) is 4.85 Å². The Bertz CT molecular complexity index is 499.